The predicted octanol–water partition coefficient (Wildman–Crippen LogP) is 5.05. The van der Waals surface area contributed by atoms with Crippen molar-refractivity contribution in [3.63, 3.8) is 0 Å². The molecule has 0 aliphatic carbocycles. The Kier molecular flexibility index (Phi) is 6.34. The minimum atomic E-state index is -1.19. The van der Waals surface area contributed by atoms with Crippen molar-refractivity contribution in [3.8, 4) is 17.1 Å². The Morgan fingerprint density at radius 3 is 2.21 bits per heavy atom. The fraction of sp³-hybridized carbons (Fsp3) is 0.391. The molecule has 0 saturated heterocycles. The Morgan fingerprint density at radius 1 is 1.03 bits per heavy atom. The van der Waals surface area contributed by atoms with Crippen LogP contribution in [0.4, 0.5) is 0 Å². The van der Waals surface area contributed by atoms with E-state index in [1.807, 2.05) is 51.1 Å². The van der Waals surface area contributed by atoms with Crippen LogP contribution in [0.15, 0.2) is 48.5 Å². The number of rotatable bonds is 6. The number of benzene rings is 1. The van der Waals surface area contributed by atoms with Gasteiger partial charge in [-0.05, 0) is 59.2 Å². The molecule has 0 radical (unpaired) electrons. The summed E-state index contributed by atoms with van der Waals surface area (Å²) in [6.45, 7) is 12.1. The number of aromatic nitrogens is 3. The van der Waals surface area contributed by atoms with E-state index in [9.17, 15) is 4.21 Å². The smallest absolute Gasteiger partial charge is 0.160 e. The van der Waals surface area contributed by atoms with Gasteiger partial charge in [-0.1, -0.05) is 37.3 Å². The molecule has 0 aliphatic heterocycles. The lowest BCUT2D eigenvalue weighted by molar-refractivity contribution is 0.587. The first-order valence-corrected chi connectivity index (χ1v) is 11.1. The molecule has 29 heavy (non-hydrogen) atoms. The molecule has 0 fully saturated rings. The summed E-state index contributed by atoms with van der Waals surface area (Å²) >= 11 is 0. The molecule has 3 aromatic rings. The minimum absolute atomic E-state index is 0.101. The van der Waals surface area contributed by atoms with Crippen molar-refractivity contribution in [3.05, 3.63) is 65.5 Å². The first kappa shape index (κ1) is 21.4. The van der Waals surface area contributed by atoms with E-state index < -0.39 is 11.0 Å². The van der Waals surface area contributed by atoms with Gasteiger partial charge in [0, 0.05) is 28.6 Å². The highest BCUT2D eigenvalue weighted by molar-refractivity contribution is 7.84. The number of aryl methyl sites for hydroxylation is 2. The molecule has 1 N–H and O–H groups in total. The van der Waals surface area contributed by atoms with Crippen LogP contribution in [0, 0.1) is 13.8 Å². The van der Waals surface area contributed by atoms with Gasteiger partial charge in [0.2, 0.25) is 0 Å². The van der Waals surface area contributed by atoms with Gasteiger partial charge in [0.25, 0.3) is 0 Å². The number of hydrogen-bond acceptors (Lipinski definition) is 3. The van der Waals surface area contributed by atoms with Gasteiger partial charge < -0.3 is 4.57 Å². The zero-order valence-corrected chi connectivity index (χ0v) is 18.9. The molecule has 2 heterocycles. The molecule has 0 bridgehead atoms. The third-order valence-corrected chi connectivity index (χ3v) is 6.56. The fourth-order valence-electron chi connectivity index (χ4n) is 3.29. The standard InChI is InChI=1S/C23H30N4OS/c1-7-20(26-29(28)23(4,5)6)19-15-21(27-16(2)13-14-17(27)3)24-25-22(19)18-11-9-8-10-12-18/h8-15,20,26H,7H2,1-6H3/t20-,29-/m1/s1. The molecule has 0 amide bonds. The van der Waals surface area contributed by atoms with Gasteiger partial charge >= 0.3 is 0 Å². The van der Waals surface area contributed by atoms with Crippen LogP contribution in [-0.2, 0) is 11.0 Å². The maximum atomic E-state index is 12.8. The molecule has 154 valence electrons. The van der Waals surface area contributed by atoms with E-state index in [-0.39, 0.29) is 10.8 Å². The summed E-state index contributed by atoms with van der Waals surface area (Å²) in [5.74, 6) is 0.779. The lowest BCUT2D eigenvalue weighted by Gasteiger charge is -2.25. The van der Waals surface area contributed by atoms with Gasteiger partial charge in [-0.3, -0.25) is 0 Å². The van der Waals surface area contributed by atoms with Crippen molar-refractivity contribution < 1.29 is 4.21 Å². The van der Waals surface area contributed by atoms with E-state index >= 15 is 0 Å². The van der Waals surface area contributed by atoms with Gasteiger partial charge in [0.15, 0.2) is 5.82 Å². The van der Waals surface area contributed by atoms with E-state index in [0.717, 1.165) is 40.4 Å². The van der Waals surface area contributed by atoms with Crippen LogP contribution < -0.4 is 4.72 Å². The van der Waals surface area contributed by atoms with Crippen molar-refractivity contribution in [2.75, 3.05) is 0 Å². The van der Waals surface area contributed by atoms with Crippen LogP contribution in [0.1, 0.15) is 57.1 Å². The predicted molar refractivity (Wildman–Crippen MR) is 120 cm³/mol. The Hall–Kier alpha value is -2.31. The summed E-state index contributed by atoms with van der Waals surface area (Å²) in [4.78, 5) is 0. The van der Waals surface area contributed by atoms with Crippen LogP contribution in [0.2, 0.25) is 0 Å². The molecule has 3 rings (SSSR count). The maximum Gasteiger partial charge on any atom is 0.160 e. The summed E-state index contributed by atoms with van der Waals surface area (Å²) < 4.78 is 17.9. The van der Waals surface area contributed by atoms with Gasteiger partial charge in [0.1, 0.15) is 0 Å². The Balaban J connectivity index is 2.14. The summed E-state index contributed by atoms with van der Waals surface area (Å²) in [5.41, 5.74) is 5.05. The topological polar surface area (TPSA) is 59.8 Å². The molecule has 5 nitrogen and oxygen atoms in total. The van der Waals surface area contributed by atoms with Crippen LogP contribution in [0.5, 0.6) is 0 Å². The fourth-order valence-corrected chi connectivity index (χ4v) is 4.20. The van der Waals surface area contributed by atoms with Crippen LogP contribution in [0.3, 0.4) is 0 Å². The largest absolute Gasteiger partial charge is 0.302 e. The first-order valence-electron chi connectivity index (χ1n) is 9.98. The van der Waals surface area contributed by atoms with Gasteiger partial charge in [-0.25, -0.2) is 8.93 Å². The highest BCUT2D eigenvalue weighted by Crippen LogP contribution is 2.30. The molecule has 0 aliphatic rings. The van der Waals surface area contributed by atoms with E-state index in [1.54, 1.807) is 0 Å². The Labute approximate surface area is 176 Å². The summed E-state index contributed by atoms with van der Waals surface area (Å²) in [6.07, 6.45) is 0.788. The van der Waals surface area contributed by atoms with E-state index in [1.165, 1.54) is 0 Å². The number of nitrogens with one attached hydrogen (secondary N) is 1. The quantitative estimate of drug-likeness (QED) is 0.618. The average molecular weight is 411 g/mol. The van der Waals surface area contributed by atoms with Gasteiger partial charge in [-0.15, -0.1) is 10.2 Å². The highest BCUT2D eigenvalue weighted by Gasteiger charge is 2.25. The monoisotopic (exact) mass is 410 g/mol. The van der Waals surface area contributed by atoms with Crippen molar-refractivity contribution in [1.29, 1.82) is 0 Å². The lowest BCUT2D eigenvalue weighted by atomic mass is 9.99. The number of hydrogen-bond donors (Lipinski definition) is 1. The molecule has 2 atom stereocenters. The third-order valence-electron chi connectivity index (χ3n) is 4.95. The van der Waals surface area contributed by atoms with Crippen LogP contribution in [-0.4, -0.2) is 23.7 Å². The van der Waals surface area contributed by atoms with Gasteiger partial charge in [0.05, 0.1) is 21.4 Å². The highest BCUT2D eigenvalue weighted by atomic mass is 32.2. The minimum Gasteiger partial charge on any atom is -0.302 e. The normalized spacial score (nSPS) is 14.0. The zero-order chi connectivity index (χ0) is 21.2. The van der Waals surface area contributed by atoms with Crippen LogP contribution >= 0.6 is 0 Å². The summed E-state index contributed by atoms with van der Waals surface area (Å²) in [6, 6.07) is 16.2. The second-order valence-electron chi connectivity index (χ2n) is 8.28. The molecule has 1 aromatic carbocycles. The SMILES string of the molecule is CC[C@@H](N[S@](=O)C(C)(C)C)c1cc(-n2c(C)ccc2C)nnc1-c1ccccc1. The van der Waals surface area contributed by atoms with Gasteiger partial charge in [-0.2, -0.15) is 0 Å². The second-order valence-corrected chi connectivity index (χ2v) is 10.3. The van der Waals surface area contributed by atoms with Crippen molar-refractivity contribution in [2.24, 2.45) is 0 Å². The van der Waals surface area contributed by atoms with E-state index in [2.05, 4.69) is 58.5 Å². The Bertz CT molecular complexity index is 986. The molecule has 0 saturated carbocycles. The number of nitrogens with zero attached hydrogens (tertiary/aromatic N) is 3. The molecular weight excluding hydrogens is 380 g/mol. The molecule has 0 unspecified atom stereocenters. The second kappa shape index (κ2) is 8.59. The third kappa shape index (κ3) is 4.65. The molecule has 2 aromatic heterocycles. The molecule has 6 heteroatoms. The summed E-state index contributed by atoms with van der Waals surface area (Å²) in [7, 11) is -1.19. The molecular formula is C23H30N4OS. The first-order chi connectivity index (χ1) is 13.7. The average Bonchev–Trinajstić information content (AvgIpc) is 3.03. The van der Waals surface area contributed by atoms with E-state index in [4.69, 9.17) is 0 Å². The van der Waals surface area contributed by atoms with Crippen molar-refractivity contribution in [2.45, 2.75) is 58.8 Å². The lowest BCUT2D eigenvalue weighted by Crippen LogP contribution is -2.36. The zero-order valence-electron chi connectivity index (χ0n) is 18.1. The maximum absolute atomic E-state index is 12.8. The summed E-state index contributed by atoms with van der Waals surface area (Å²) in [5, 5.41) is 9.15. The van der Waals surface area contributed by atoms with E-state index in [0.29, 0.717) is 0 Å². The van der Waals surface area contributed by atoms with Crippen molar-refractivity contribution >= 4 is 11.0 Å². The van der Waals surface area contributed by atoms with Crippen molar-refractivity contribution in [1.82, 2.24) is 19.5 Å². The van der Waals surface area contributed by atoms with Crippen LogP contribution in [0.25, 0.3) is 17.1 Å². The molecule has 0 spiro atoms. The Morgan fingerprint density at radius 2 is 1.66 bits per heavy atom.